The fourth-order valence-corrected chi connectivity index (χ4v) is 2.94. The minimum Gasteiger partial charge on any atom is -0.461 e. The molecule has 4 heterocycles. The summed E-state index contributed by atoms with van der Waals surface area (Å²) < 4.78 is 10.5. The van der Waals surface area contributed by atoms with Crippen LogP contribution in [-0.4, -0.2) is 66.4 Å². The van der Waals surface area contributed by atoms with Crippen LogP contribution in [0.25, 0.3) is 11.5 Å². The lowest BCUT2D eigenvalue weighted by Crippen LogP contribution is -2.49. The highest BCUT2D eigenvalue weighted by Crippen LogP contribution is 2.22. The number of nitrogens with zero attached hydrogens (tertiary/aromatic N) is 6. The van der Waals surface area contributed by atoms with E-state index in [1.54, 1.807) is 29.4 Å². The third kappa shape index (κ3) is 3.48. The van der Waals surface area contributed by atoms with Crippen LogP contribution in [0.3, 0.4) is 0 Å². The van der Waals surface area contributed by atoms with E-state index >= 15 is 0 Å². The Kier molecular flexibility index (Phi) is 4.49. The number of hydrogen-bond acceptors (Lipinski definition) is 8. The summed E-state index contributed by atoms with van der Waals surface area (Å²) in [4.78, 5) is 18.5. The van der Waals surface area contributed by atoms with Gasteiger partial charge in [-0.2, -0.15) is 0 Å². The quantitative estimate of drug-likeness (QED) is 0.688. The smallest absolute Gasteiger partial charge is 0.276 e. The Morgan fingerprint density at radius 1 is 1.07 bits per heavy atom. The van der Waals surface area contributed by atoms with Crippen LogP contribution < -0.4 is 9.80 Å². The van der Waals surface area contributed by atoms with Crippen molar-refractivity contribution in [1.29, 1.82) is 0 Å². The number of amides is 1. The number of carbonyl (C=O) groups is 1. The van der Waals surface area contributed by atoms with Crippen molar-refractivity contribution in [2.45, 2.75) is 0 Å². The zero-order valence-corrected chi connectivity index (χ0v) is 15.2. The fraction of sp³-hybridized carbons (Fsp3) is 0.333. The lowest BCUT2D eigenvalue weighted by molar-refractivity contribution is 0.0736. The van der Waals surface area contributed by atoms with Crippen LogP contribution >= 0.6 is 0 Å². The zero-order valence-electron chi connectivity index (χ0n) is 15.2. The summed E-state index contributed by atoms with van der Waals surface area (Å²) in [6, 6.07) is 9.01. The molecule has 0 N–H and O–H groups in total. The number of furan rings is 1. The number of carbonyl (C=O) groups excluding carboxylic acids is 1. The highest BCUT2D eigenvalue weighted by Gasteiger charge is 2.25. The van der Waals surface area contributed by atoms with Crippen molar-refractivity contribution in [2.24, 2.45) is 0 Å². The van der Waals surface area contributed by atoms with Crippen molar-refractivity contribution in [3.8, 4) is 11.5 Å². The van der Waals surface area contributed by atoms with E-state index in [9.17, 15) is 4.79 Å². The van der Waals surface area contributed by atoms with E-state index < -0.39 is 0 Å². The number of hydrogen-bond donors (Lipinski definition) is 0. The molecule has 9 nitrogen and oxygen atoms in total. The molecule has 0 spiro atoms. The summed E-state index contributed by atoms with van der Waals surface area (Å²) in [5.41, 5.74) is 0.282. The Labute approximate surface area is 156 Å². The Morgan fingerprint density at radius 2 is 1.89 bits per heavy atom. The molecule has 3 aromatic heterocycles. The predicted octanol–water partition coefficient (Wildman–Crippen LogP) is 1.75. The van der Waals surface area contributed by atoms with Gasteiger partial charge in [0.25, 0.3) is 5.91 Å². The van der Waals surface area contributed by atoms with Gasteiger partial charge in [0.2, 0.25) is 5.76 Å². The maximum absolute atomic E-state index is 12.7. The van der Waals surface area contributed by atoms with Gasteiger partial charge in [0.15, 0.2) is 23.1 Å². The molecule has 9 heteroatoms. The van der Waals surface area contributed by atoms with Gasteiger partial charge in [-0.3, -0.25) is 4.79 Å². The van der Waals surface area contributed by atoms with Gasteiger partial charge in [-0.05, 0) is 24.3 Å². The van der Waals surface area contributed by atoms with Gasteiger partial charge in [0.1, 0.15) is 0 Å². The van der Waals surface area contributed by atoms with E-state index in [0.717, 1.165) is 11.6 Å². The third-order valence-electron chi connectivity index (χ3n) is 4.48. The maximum Gasteiger partial charge on any atom is 0.276 e. The first kappa shape index (κ1) is 17.1. The second-order valence-corrected chi connectivity index (χ2v) is 6.48. The maximum atomic E-state index is 12.7. The summed E-state index contributed by atoms with van der Waals surface area (Å²) >= 11 is 0. The summed E-state index contributed by atoms with van der Waals surface area (Å²) in [5.74, 6) is 2.47. The zero-order chi connectivity index (χ0) is 18.8. The van der Waals surface area contributed by atoms with E-state index in [-0.39, 0.29) is 11.6 Å². The van der Waals surface area contributed by atoms with Crippen molar-refractivity contribution in [3.05, 3.63) is 42.3 Å². The second kappa shape index (κ2) is 7.10. The van der Waals surface area contributed by atoms with Crippen molar-refractivity contribution >= 4 is 17.5 Å². The van der Waals surface area contributed by atoms with Gasteiger partial charge in [-0.15, -0.1) is 10.2 Å². The first-order valence-corrected chi connectivity index (χ1v) is 8.68. The van der Waals surface area contributed by atoms with E-state index in [2.05, 4.69) is 20.3 Å². The highest BCUT2D eigenvalue weighted by atomic mass is 16.5. The molecule has 0 bridgehead atoms. The van der Waals surface area contributed by atoms with E-state index in [0.29, 0.717) is 37.7 Å². The van der Waals surface area contributed by atoms with Gasteiger partial charge < -0.3 is 23.6 Å². The summed E-state index contributed by atoms with van der Waals surface area (Å²) in [7, 11) is 3.85. The molecule has 27 heavy (non-hydrogen) atoms. The average molecular weight is 368 g/mol. The Morgan fingerprint density at radius 3 is 2.52 bits per heavy atom. The molecule has 0 saturated carbocycles. The molecule has 0 radical (unpaired) electrons. The van der Waals surface area contributed by atoms with E-state index in [1.807, 2.05) is 31.1 Å². The van der Waals surface area contributed by atoms with Crippen LogP contribution in [0.1, 0.15) is 10.5 Å². The first-order chi connectivity index (χ1) is 13.1. The van der Waals surface area contributed by atoms with Gasteiger partial charge in [-0.1, -0.05) is 5.16 Å². The summed E-state index contributed by atoms with van der Waals surface area (Å²) in [5, 5.41) is 12.4. The Hall–Kier alpha value is -3.36. The van der Waals surface area contributed by atoms with Crippen LogP contribution in [-0.2, 0) is 0 Å². The molecule has 0 aliphatic carbocycles. The average Bonchev–Trinajstić information content (AvgIpc) is 3.39. The fourth-order valence-electron chi connectivity index (χ4n) is 2.94. The van der Waals surface area contributed by atoms with Crippen molar-refractivity contribution in [1.82, 2.24) is 20.3 Å². The molecule has 1 aliphatic rings. The molecular formula is C18H20N6O3. The van der Waals surface area contributed by atoms with Crippen molar-refractivity contribution < 1.29 is 13.7 Å². The van der Waals surface area contributed by atoms with E-state index in [4.69, 9.17) is 8.94 Å². The van der Waals surface area contributed by atoms with Crippen molar-refractivity contribution in [3.63, 3.8) is 0 Å². The lowest BCUT2D eigenvalue weighted by Gasteiger charge is -2.34. The number of aromatic nitrogens is 3. The molecule has 4 rings (SSSR count). The molecule has 140 valence electrons. The molecule has 0 unspecified atom stereocenters. The second-order valence-electron chi connectivity index (χ2n) is 6.48. The lowest BCUT2D eigenvalue weighted by atomic mass is 10.2. The van der Waals surface area contributed by atoms with Gasteiger partial charge in [0, 0.05) is 46.3 Å². The first-order valence-electron chi connectivity index (χ1n) is 8.68. The van der Waals surface area contributed by atoms with Crippen LogP contribution in [0.5, 0.6) is 0 Å². The molecule has 0 atom stereocenters. The minimum atomic E-state index is -0.148. The SMILES string of the molecule is CN(C)c1ccc(N2CCN(C(=O)c3cc(-c4ccco4)on3)CC2)nn1. The van der Waals surface area contributed by atoms with Crippen LogP contribution in [0.2, 0.25) is 0 Å². The topological polar surface area (TPSA) is 91.7 Å². The third-order valence-corrected chi connectivity index (χ3v) is 4.48. The monoisotopic (exact) mass is 368 g/mol. The molecule has 1 amide bonds. The standard InChI is InChI=1S/C18H20N6O3/c1-22(2)16-5-6-17(20-19-16)23-7-9-24(10-8-23)18(25)13-12-15(27-21-13)14-4-3-11-26-14/h3-6,11-12H,7-10H2,1-2H3. The van der Waals surface area contributed by atoms with Crippen LogP contribution in [0.15, 0.2) is 45.5 Å². The van der Waals surface area contributed by atoms with Gasteiger partial charge >= 0.3 is 0 Å². The van der Waals surface area contributed by atoms with Gasteiger partial charge in [0.05, 0.1) is 6.26 Å². The Bertz CT molecular complexity index is 896. The summed E-state index contributed by atoms with van der Waals surface area (Å²) in [6.45, 7) is 2.53. The van der Waals surface area contributed by atoms with Crippen LogP contribution in [0, 0.1) is 0 Å². The predicted molar refractivity (Wildman–Crippen MR) is 98.7 cm³/mol. The van der Waals surface area contributed by atoms with Crippen molar-refractivity contribution in [2.75, 3.05) is 50.1 Å². The van der Waals surface area contributed by atoms with Gasteiger partial charge in [-0.25, -0.2) is 0 Å². The normalized spacial score (nSPS) is 14.4. The summed E-state index contributed by atoms with van der Waals surface area (Å²) in [6.07, 6.45) is 1.55. The number of anilines is 2. The largest absolute Gasteiger partial charge is 0.461 e. The minimum absolute atomic E-state index is 0.148. The van der Waals surface area contributed by atoms with Crippen LogP contribution in [0.4, 0.5) is 11.6 Å². The molecular weight excluding hydrogens is 348 g/mol. The number of rotatable bonds is 4. The number of piperazine rings is 1. The highest BCUT2D eigenvalue weighted by molar-refractivity contribution is 5.93. The molecule has 1 saturated heterocycles. The van der Waals surface area contributed by atoms with E-state index in [1.165, 1.54) is 0 Å². The Balaban J connectivity index is 1.38. The molecule has 1 fully saturated rings. The molecule has 1 aliphatic heterocycles. The molecule has 0 aromatic carbocycles. The molecule has 3 aromatic rings.